The van der Waals surface area contributed by atoms with Gasteiger partial charge >= 0.3 is 12.3 Å². The summed E-state index contributed by atoms with van der Waals surface area (Å²) in [7, 11) is 0. The normalized spacial score (nSPS) is 11.1. The highest BCUT2D eigenvalue weighted by atomic mass is 35.5. The Morgan fingerprint density at radius 1 is 1.08 bits per heavy atom. The number of aromatic nitrogens is 7. The van der Waals surface area contributed by atoms with Crippen molar-refractivity contribution in [3.8, 4) is 17.6 Å². The number of rotatable bonds is 5. The van der Waals surface area contributed by atoms with Crippen LogP contribution in [0.4, 0.5) is 29.5 Å². The quantitative estimate of drug-likeness (QED) is 0.358. The highest BCUT2D eigenvalue weighted by Crippen LogP contribution is 2.36. The molecule has 36 heavy (non-hydrogen) atoms. The SMILES string of the molecule is N#Cc1cc(NC(=O)c2cnn(-c3ccnc(NC(=O)O)c3Cl)c2C(F)(F)F)cnc1-n1nccn1. The second-order valence-corrected chi connectivity index (χ2v) is 7.10. The highest BCUT2D eigenvalue weighted by Gasteiger charge is 2.41. The Morgan fingerprint density at radius 2 is 1.81 bits per heavy atom. The van der Waals surface area contributed by atoms with E-state index in [1.54, 1.807) is 0 Å². The van der Waals surface area contributed by atoms with Gasteiger partial charge in [-0.25, -0.2) is 19.4 Å². The van der Waals surface area contributed by atoms with Gasteiger partial charge in [-0.3, -0.25) is 10.1 Å². The molecular formula is C19H10ClF3N10O3. The predicted octanol–water partition coefficient (Wildman–Crippen LogP) is 3.13. The number of carbonyl (C=O) groups excluding carboxylic acids is 1. The van der Waals surface area contributed by atoms with Crippen LogP contribution in [0, 0.1) is 11.3 Å². The van der Waals surface area contributed by atoms with Crippen LogP contribution in [0.2, 0.25) is 5.02 Å². The summed E-state index contributed by atoms with van der Waals surface area (Å²) in [6.07, 6.45) is -1.13. The van der Waals surface area contributed by atoms with Crippen LogP contribution in [-0.4, -0.2) is 51.8 Å². The van der Waals surface area contributed by atoms with Crippen molar-refractivity contribution in [1.29, 1.82) is 5.26 Å². The lowest BCUT2D eigenvalue weighted by molar-refractivity contribution is -0.143. The van der Waals surface area contributed by atoms with Gasteiger partial charge in [-0.2, -0.15) is 33.7 Å². The van der Waals surface area contributed by atoms with Crippen molar-refractivity contribution in [3.05, 3.63) is 65.0 Å². The van der Waals surface area contributed by atoms with E-state index in [0.717, 1.165) is 23.3 Å². The van der Waals surface area contributed by atoms with Gasteiger partial charge in [0.05, 0.1) is 41.7 Å². The summed E-state index contributed by atoms with van der Waals surface area (Å²) in [4.78, 5) is 32.4. The van der Waals surface area contributed by atoms with E-state index in [9.17, 15) is 28.0 Å². The van der Waals surface area contributed by atoms with Crippen molar-refractivity contribution in [2.24, 2.45) is 0 Å². The number of carboxylic acid groups (broad SMARTS) is 1. The van der Waals surface area contributed by atoms with E-state index in [1.807, 2.05) is 11.4 Å². The number of halogens is 4. The van der Waals surface area contributed by atoms with Crippen molar-refractivity contribution in [2.45, 2.75) is 6.18 Å². The van der Waals surface area contributed by atoms with Crippen molar-refractivity contribution in [1.82, 2.24) is 34.7 Å². The number of carbonyl (C=O) groups is 2. The van der Waals surface area contributed by atoms with Gasteiger partial charge in [0, 0.05) is 6.20 Å². The molecule has 0 saturated heterocycles. The molecule has 0 aliphatic heterocycles. The molecule has 0 bridgehead atoms. The van der Waals surface area contributed by atoms with Crippen LogP contribution in [0.5, 0.6) is 0 Å². The van der Waals surface area contributed by atoms with E-state index in [4.69, 9.17) is 16.7 Å². The minimum Gasteiger partial charge on any atom is -0.465 e. The van der Waals surface area contributed by atoms with Gasteiger partial charge in [-0.1, -0.05) is 11.6 Å². The van der Waals surface area contributed by atoms with Crippen LogP contribution in [-0.2, 0) is 6.18 Å². The van der Waals surface area contributed by atoms with Gasteiger partial charge < -0.3 is 10.4 Å². The van der Waals surface area contributed by atoms with Crippen LogP contribution in [0.25, 0.3) is 11.5 Å². The topological polar surface area (TPSA) is 177 Å². The third-order valence-electron chi connectivity index (χ3n) is 4.46. The summed E-state index contributed by atoms with van der Waals surface area (Å²) in [6.45, 7) is 0. The first-order chi connectivity index (χ1) is 17.1. The molecule has 4 aromatic heterocycles. The molecule has 3 N–H and O–H groups in total. The number of amides is 2. The van der Waals surface area contributed by atoms with Crippen molar-refractivity contribution in [3.63, 3.8) is 0 Å². The summed E-state index contributed by atoms with van der Waals surface area (Å²) in [5.41, 5.74) is -2.88. The monoisotopic (exact) mass is 518 g/mol. The minimum absolute atomic E-state index is 0.0439. The standard InChI is InChI=1S/C19H10ClF3N10O3/c20-13-12(1-2-25-15(13)31-18(35)36)32-14(19(21,22)23)11(8-29-32)17(34)30-10-5-9(6-24)16(26-7-10)33-27-3-4-28-33/h1-5,7-8H,(H,25,31)(H,30,34)(H,35,36). The minimum atomic E-state index is -5.08. The third-order valence-corrected chi connectivity index (χ3v) is 4.83. The number of alkyl halides is 3. The summed E-state index contributed by atoms with van der Waals surface area (Å²) in [5.74, 6) is -1.60. The Balaban J connectivity index is 1.72. The fraction of sp³-hybridized carbons (Fsp3) is 0.0526. The Kier molecular flexibility index (Phi) is 6.23. The van der Waals surface area contributed by atoms with Crippen LogP contribution < -0.4 is 10.6 Å². The predicted molar refractivity (Wildman–Crippen MR) is 115 cm³/mol. The average molecular weight is 519 g/mol. The molecule has 0 aromatic carbocycles. The first-order valence-electron chi connectivity index (χ1n) is 9.48. The molecule has 4 rings (SSSR count). The molecule has 2 amide bonds. The Labute approximate surface area is 202 Å². The molecule has 13 nitrogen and oxygen atoms in total. The van der Waals surface area contributed by atoms with E-state index in [2.05, 4.69) is 30.6 Å². The third kappa shape index (κ3) is 4.63. The van der Waals surface area contributed by atoms with Gasteiger partial charge in [0.2, 0.25) is 0 Å². The van der Waals surface area contributed by atoms with E-state index in [1.165, 1.54) is 18.5 Å². The summed E-state index contributed by atoms with van der Waals surface area (Å²) in [5, 5.41) is 33.2. The average Bonchev–Trinajstić information content (AvgIpc) is 3.50. The Hall–Kier alpha value is -5.04. The van der Waals surface area contributed by atoms with Gasteiger partial charge in [-0.05, 0) is 12.1 Å². The number of pyridine rings is 2. The molecule has 0 atom stereocenters. The van der Waals surface area contributed by atoms with Gasteiger partial charge in [0.1, 0.15) is 16.7 Å². The molecule has 4 heterocycles. The Bertz CT molecular complexity index is 1510. The number of nitrogens with one attached hydrogen (secondary N) is 2. The van der Waals surface area contributed by atoms with E-state index in [-0.39, 0.29) is 22.8 Å². The van der Waals surface area contributed by atoms with Crippen molar-refractivity contribution >= 4 is 35.1 Å². The summed E-state index contributed by atoms with van der Waals surface area (Å²) < 4.78 is 42.4. The number of anilines is 2. The Morgan fingerprint density at radius 3 is 2.44 bits per heavy atom. The molecule has 17 heteroatoms. The number of hydrogen-bond donors (Lipinski definition) is 3. The molecule has 182 valence electrons. The fourth-order valence-electron chi connectivity index (χ4n) is 3.05. The fourth-order valence-corrected chi connectivity index (χ4v) is 3.29. The van der Waals surface area contributed by atoms with Crippen LogP contribution in [0.1, 0.15) is 21.6 Å². The van der Waals surface area contributed by atoms with Gasteiger partial charge in [0.25, 0.3) is 5.91 Å². The maximum absolute atomic E-state index is 14.0. The molecule has 0 saturated carbocycles. The molecule has 0 spiro atoms. The molecule has 0 fully saturated rings. The van der Waals surface area contributed by atoms with Gasteiger partial charge in [-0.15, -0.1) is 4.80 Å². The first-order valence-corrected chi connectivity index (χ1v) is 9.86. The summed E-state index contributed by atoms with van der Waals surface area (Å²) >= 11 is 6.05. The first kappa shape index (κ1) is 24.1. The van der Waals surface area contributed by atoms with Crippen LogP contribution in [0.15, 0.2) is 43.1 Å². The lowest BCUT2D eigenvalue weighted by Gasteiger charge is -2.15. The van der Waals surface area contributed by atoms with Crippen molar-refractivity contribution < 1.29 is 27.9 Å². The van der Waals surface area contributed by atoms with Crippen LogP contribution >= 0.6 is 11.6 Å². The van der Waals surface area contributed by atoms with E-state index >= 15 is 0 Å². The number of nitrogens with zero attached hydrogens (tertiary/aromatic N) is 8. The number of hydrogen-bond acceptors (Lipinski definition) is 8. The molecule has 0 aliphatic carbocycles. The second-order valence-electron chi connectivity index (χ2n) is 6.72. The van der Waals surface area contributed by atoms with Crippen LogP contribution in [0.3, 0.4) is 0 Å². The molecule has 0 aliphatic rings. The van der Waals surface area contributed by atoms with Crippen molar-refractivity contribution in [2.75, 3.05) is 10.6 Å². The molecule has 4 aromatic rings. The van der Waals surface area contributed by atoms with Gasteiger partial charge in [0.15, 0.2) is 17.3 Å². The largest absolute Gasteiger partial charge is 0.465 e. The lowest BCUT2D eigenvalue weighted by Crippen LogP contribution is -2.21. The summed E-state index contributed by atoms with van der Waals surface area (Å²) in [6, 6.07) is 4.09. The maximum Gasteiger partial charge on any atom is 0.434 e. The maximum atomic E-state index is 14.0. The van der Waals surface area contributed by atoms with E-state index in [0.29, 0.717) is 10.9 Å². The molecule has 0 radical (unpaired) electrons. The zero-order valence-electron chi connectivity index (χ0n) is 17.4. The van der Waals surface area contributed by atoms with E-state index < -0.39 is 40.3 Å². The highest BCUT2D eigenvalue weighted by molar-refractivity contribution is 6.35. The molecule has 0 unspecified atom stereocenters. The number of nitriles is 1. The smallest absolute Gasteiger partial charge is 0.434 e. The molecular weight excluding hydrogens is 509 g/mol. The lowest BCUT2D eigenvalue weighted by atomic mass is 10.2. The second kappa shape index (κ2) is 9.31. The zero-order valence-corrected chi connectivity index (χ0v) is 18.2. The zero-order chi connectivity index (χ0) is 26.0.